The first kappa shape index (κ1) is 19.4. The van der Waals surface area contributed by atoms with Gasteiger partial charge in [0.1, 0.15) is 0 Å². The fourth-order valence-corrected chi connectivity index (χ4v) is 2.84. The topological polar surface area (TPSA) is 32.3 Å². The molecule has 23 heavy (non-hydrogen) atoms. The zero-order chi connectivity index (χ0) is 17.2. The molecular formula is C20H32N2O. The molecule has 0 saturated carbocycles. The van der Waals surface area contributed by atoms with Gasteiger partial charge in [-0.3, -0.25) is 4.79 Å². The molecule has 1 amide bonds. The molecule has 1 fully saturated rings. The molecule has 1 saturated heterocycles. The third-order valence-electron chi connectivity index (χ3n) is 4.12. The summed E-state index contributed by atoms with van der Waals surface area (Å²) in [6.07, 6.45) is 3.50. The largest absolute Gasteiger partial charge is 0.339 e. The summed E-state index contributed by atoms with van der Waals surface area (Å²) >= 11 is 0. The highest BCUT2D eigenvalue weighted by Crippen LogP contribution is 2.28. The van der Waals surface area contributed by atoms with Gasteiger partial charge in [-0.15, -0.1) is 0 Å². The Balaban J connectivity index is 0.00000127. The van der Waals surface area contributed by atoms with E-state index in [1.54, 1.807) is 0 Å². The fourth-order valence-electron chi connectivity index (χ4n) is 2.84. The molecule has 3 heteroatoms. The van der Waals surface area contributed by atoms with E-state index < -0.39 is 0 Å². The Hall–Kier alpha value is -1.61. The average Bonchev–Trinajstić information content (AvgIpc) is 2.61. The molecule has 1 heterocycles. The van der Waals surface area contributed by atoms with Gasteiger partial charge in [0.25, 0.3) is 0 Å². The van der Waals surface area contributed by atoms with Gasteiger partial charge in [-0.05, 0) is 36.0 Å². The number of likely N-dealkylation sites (tertiary alicyclic amines) is 1. The van der Waals surface area contributed by atoms with Crippen molar-refractivity contribution in [2.45, 2.75) is 59.0 Å². The van der Waals surface area contributed by atoms with E-state index in [-0.39, 0.29) is 5.91 Å². The van der Waals surface area contributed by atoms with Crippen LogP contribution in [0.25, 0.3) is 0 Å². The smallest absolute Gasteiger partial charge is 0.245 e. The van der Waals surface area contributed by atoms with Gasteiger partial charge in [0, 0.05) is 25.7 Å². The standard InChI is InChI=1S/C18H26N2O.C2H6/c1-4-18(21)20-10-8-16(9-11-20)17-7-5-6-15(12-17)13-19-14(2)3;1-2/h4-7,12,14,16,19H,1,8-11,13H2,2-3H3;1-2H3. The van der Waals surface area contributed by atoms with Crippen molar-refractivity contribution < 1.29 is 4.79 Å². The second kappa shape index (κ2) is 10.2. The Morgan fingerprint density at radius 2 is 2.00 bits per heavy atom. The maximum atomic E-state index is 11.6. The van der Waals surface area contributed by atoms with Crippen molar-refractivity contribution in [2.24, 2.45) is 0 Å². The first-order valence-electron chi connectivity index (χ1n) is 8.83. The van der Waals surface area contributed by atoms with Gasteiger partial charge in [-0.1, -0.05) is 58.5 Å². The van der Waals surface area contributed by atoms with Crippen molar-refractivity contribution in [3.05, 3.63) is 48.0 Å². The number of hydrogen-bond donors (Lipinski definition) is 1. The Labute approximate surface area is 141 Å². The second-order valence-corrected chi connectivity index (χ2v) is 6.08. The number of carbonyl (C=O) groups excluding carboxylic acids is 1. The van der Waals surface area contributed by atoms with Crippen LogP contribution < -0.4 is 5.32 Å². The molecule has 0 radical (unpaired) electrons. The van der Waals surface area contributed by atoms with Gasteiger partial charge in [-0.25, -0.2) is 0 Å². The van der Waals surface area contributed by atoms with Crippen LogP contribution in [0.4, 0.5) is 0 Å². The third-order valence-corrected chi connectivity index (χ3v) is 4.12. The molecule has 128 valence electrons. The molecule has 1 aliphatic rings. The van der Waals surface area contributed by atoms with Crippen molar-refractivity contribution in [1.29, 1.82) is 0 Å². The lowest BCUT2D eigenvalue weighted by Gasteiger charge is -2.31. The lowest BCUT2D eigenvalue weighted by Crippen LogP contribution is -2.36. The summed E-state index contributed by atoms with van der Waals surface area (Å²) in [5, 5.41) is 3.46. The van der Waals surface area contributed by atoms with E-state index in [0.29, 0.717) is 12.0 Å². The van der Waals surface area contributed by atoms with Gasteiger partial charge in [0.2, 0.25) is 5.91 Å². The van der Waals surface area contributed by atoms with Crippen molar-refractivity contribution in [3.8, 4) is 0 Å². The summed E-state index contributed by atoms with van der Waals surface area (Å²) in [7, 11) is 0. The minimum absolute atomic E-state index is 0.0586. The van der Waals surface area contributed by atoms with Crippen LogP contribution >= 0.6 is 0 Å². The number of nitrogens with one attached hydrogen (secondary N) is 1. The van der Waals surface area contributed by atoms with E-state index in [1.807, 2.05) is 18.7 Å². The van der Waals surface area contributed by atoms with Crippen LogP contribution in [0.3, 0.4) is 0 Å². The van der Waals surface area contributed by atoms with Crippen LogP contribution in [0.1, 0.15) is 57.6 Å². The Morgan fingerprint density at radius 3 is 2.57 bits per heavy atom. The van der Waals surface area contributed by atoms with Crippen LogP contribution in [0.5, 0.6) is 0 Å². The monoisotopic (exact) mass is 316 g/mol. The van der Waals surface area contributed by atoms with Crippen molar-refractivity contribution >= 4 is 5.91 Å². The Bertz CT molecular complexity index is 488. The zero-order valence-corrected chi connectivity index (χ0v) is 15.1. The molecule has 0 unspecified atom stereocenters. The van der Waals surface area contributed by atoms with E-state index in [2.05, 4.69) is 50.0 Å². The molecule has 2 rings (SSSR count). The lowest BCUT2D eigenvalue weighted by atomic mass is 9.88. The first-order valence-corrected chi connectivity index (χ1v) is 8.83. The number of hydrogen-bond acceptors (Lipinski definition) is 2. The Kier molecular flexibility index (Phi) is 8.64. The van der Waals surface area contributed by atoms with Crippen LogP contribution in [0, 0.1) is 0 Å². The van der Waals surface area contributed by atoms with Crippen LogP contribution in [0.2, 0.25) is 0 Å². The number of piperidine rings is 1. The normalized spacial score (nSPS) is 15.1. The minimum atomic E-state index is 0.0586. The SMILES string of the molecule is C=CC(=O)N1CCC(c2cccc(CNC(C)C)c2)CC1.CC. The van der Waals surface area contributed by atoms with Gasteiger partial charge in [-0.2, -0.15) is 0 Å². The molecular weight excluding hydrogens is 284 g/mol. The molecule has 0 aliphatic carbocycles. The van der Waals surface area contributed by atoms with Gasteiger partial charge in [0.05, 0.1) is 0 Å². The molecule has 0 bridgehead atoms. The number of amides is 1. The van der Waals surface area contributed by atoms with Crippen molar-refractivity contribution in [1.82, 2.24) is 10.2 Å². The second-order valence-electron chi connectivity index (χ2n) is 6.08. The Morgan fingerprint density at radius 1 is 1.35 bits per heavy atom. The molecule has 3 nitrogen and oxygen atoms in total. The molecule has 1 N–H and O–H groups in total. The predicted octanol–water partition coefficient (Wildman–Crippen LogP) is 4.10. The molecule has 0 spiro atoms. The first-order chi connectivity index (χ1) is 11.1. The average molecular weight is 316 g/mol. The molecule has 1 aliphatic heterocycles. The van der Waals surface area contributed by atoms with E-state index in [9.17, 15) is 4.79 Å². The summed E-state index contributed by atoms with van der Waals surface area (Å²) in [5.74, 6) is 0.626. The summed E-state index contributed by atoms with van der Waals surface area (Å²) in [6, 6.07) is 9.35. The van der Waals surface area contributed by atoms with Crippen LogP contribution in [0.15, 0.2) is 36.9 Å². The fraction of sp³-hybridized carbons (Fsp3) is 0.550. The van der Waals surface area contributed by atoms with Crippen molar-refractivity contribution in [3.63, 3.8) is 0 Å². The highest BCUT2D eigenvalue weighted by molar-refractivity contribution is 5.87. The summed E-state index contributed by atoms with van der Waals surface area (Å²) in [4.78, 5) is 13.5. The van der Waals surface area contributed by atoms with Crippen LogP contribution in [-0.2, 0) is 11.3 Å². The number of nitrogens with zero attached hydrogens (tertiary/aromatic N) is 1. The van der Waals surface area contributed by atoms with E-state index >= 15 is 0 Å². The number of benzene rings is 1. The predicted molar refractivity (Wildman–Crippen MR) is 98.5 cm³/mol. The van der Waals surface area contributed by atoms with Gasteiger partial charge in [0.15, 0.2) is 0 Å². The number of rotatable bonds is 5. The van der Waals surface area contributed by atoms with E-state index in [0.717, 1.165) is 32.5 Å². The maximum Gasteiger partial charge on any atom is 0.245 e. The summed E-state index contributed by atoms with van der Waals surface area (Å²) in [6.45, 7) is 14.5. The highest BCUT2D eigenvalue weighted by Gasteiger charge is 2.22. The number of carbonyl (C=O) groups is 1. The molecule has 1 aromatic rings. The highest BCUT2D eigenvalue weighted by atomic mass is 16.2. The van der Waals surface area contributed by atoms with Crippen LogP contribution in [-0.4, -0.2) is 29.9 Å². The van der Waals surface area contributed by atoms with E-state index in [1.165, 1.54) is 17.2 Å². The van der Waals surface area contributed by atoms with E-state index in [4.69, 9.17) is 0 Å². The van der Waals surface area contributed by atoms with Gasteiger partial charge >= 0.3 is 0 Å². The molecule has 0 aromatic heterocycles. The molecule has 1 aromatic carbocycles. The molecule has 0 atom stereocenters. The summed E-state index contributed by atoms with van der Waals surface area (Å²) < 4.78 is 0. The zero-order valence-electron chi connectivity index (χ0n) is 15.1. The lowest BCUT2D eigenvalue weighted by molar-refractivity contribution is -0.127. The minimum Gasteiger partial charge on any atom is -0.339 e. The maximum absolute atomic E-state index is 11.6. The van der Waals surface area contributed by atoms with Crippen molar-refractivity contribution in [2.75, 3.05) is 13.1 Å². The summed E-state index contributed by atoms with van der Waals surface area (Å²) in [5.41, 5.74) is 2.74. The van der Waals surface area contributed by atoms with Gasteiger partial charge < -0.3 is 10.2 Å². The quantitative estimate of drug-likeness (QED) is 0.829. The third kappa shape index (κ3) is 6.19.